The van der Waals surface area contributed by atoms with Gasteiger partial charge in [0.25, 0.3) is 0 Å². The van der Waals surface area contributed by atoms with Crippen LogP contribution in [0.3, 0.4) is 0 Å². The minimum absolute atomic E-state index is 0.0706. The zero-order chi connectivity index (χ0) is 16.2. The normalized spacial score (nSPS) is 21.1. The van der Waals surface area contributed by atoms with E-state index in [0.29, 0.717) is 16.8 Å². The van der Waals surface area contributed by atoms with Gasteiger partial charge in [-0.05, 0) is 36.1 Å². The average Bonchev–Trinajstić information content (AvgIpc) is 2.98. The van der Waals surface area contributed by atoms with Gasteiger partial charge in [-0.3, -0.25) is 4.79 Å². The van der Waals surface area contributed by atoms with E-state index in [1.807, 2.05) is 12.1 Å². The lowest BCUT2D eigenvalue weighted by atomic mass is 9.86. The van der Waals surface area contributed by atoms with Crippen LogP contribution >= 0.6 is 11.6 Å². The summed E-state index contributed by atoms with van der Waals surface area (Å²) in [5.74, 6) is 0.920. The minimum Gasteiger partial charge on any atom is -0.351 e. The molecule has 122 valence electrons. The van der Waals surface area contributed by atoms with Crippen LogP contribution < -0.4 is 5.32 Å². The number of tetrazole rings is 1. The standard InChI is InChI=1S/C16H20ClN5O/c1-11-5-2-3-8-14(11)18-15(23)10-22-20-16(19-21-22)12-6-4-7-13(17)9-12/h4,6-7,9,11,14H,2-3,5,8,10H2,1H3,(H,18,23)/t11-,14+/m0/s1. The highest BCUT2D eigenvalue weighted by atomic mass is 35.5. The number of carbonyl (C=O) groups is 1. The predicted octanol–water partition coefficient (Wildman–Crippen LogP) is 2.69. The molecular formula is C16H20ClN5O. The molecule has 0 unspecified atom stereocenters. The second-order valence-corrected chi connectivity index (χ2v) is 6.53. The second kappa shape index (κ2) is 7.08. The van der Waals surface area contributed by atoms with E-state index in [4.69, 9.17) is 11.6 Å². The van der Waals surface area contributed by atoms with Crippen LogP contribution in [0.1, 0.15) is 32.6 Å². The van der Waals surface area contributed by atoms with Gasteiger partial charge in [0, 0.05) is 16.6 Å². The van der Waals surface area contributed by atoms with Crippen molar-refractivity contribution in [3.05, 3.63) is 29.3 Å². The van der Waals surface area contributed by atoms with E-state index in [-0.39, 0.29) is 18.5 Å². The van der Waals surface area contributed by atoms with Gasteiger partial charge in [-0.2, -0.15) is 4.80 Å². The predicted molar refractivity (Wildman–Crippen MR) is 87.8 cm³/mol. The van der Waals surface area contributed by atoms with Crippen molar-refractivity contribution in [2.24, 2.45) is 5.92 Å². The minimum atomic E-state index is -0.0706. The molecule has 2 atom stereocenters. The molecule has 1 aromatic carbocycles. The van der Waals surface area contributed by atoms with Crippen LogP contribution in [0.25, 0.3) is 11.4 Å². The molecule has 1 aliphatic rings. The van der Waals surface area contributed by atoms with Gasteiger partial charge in [0.2, 0.25) is 11.7 Å². The van der Waals surface area contributed by atoms with Crippen LogP contribution in [0.2, 0.25) is 5.02 Å². The molecule has 7 heteroatoms. The molecule has 6 nitrogen and oxygen atoms in total. The summed E-state index contributed by atoms with van der Waals surface area (Å²) < 4.78 is 0. The highest BCUT2D eigenvalue weighted by molar-refractivity contribution is 6.30. The van der Waals surface area contributed by atoms with E-state index in [2.05, 4.69) is 27.7 Å². The molecule has 3 rings (SSSR count). The van der Waals surface area contributed by atoms with Gasteiger partial charge in [0.15, 0.2) is 0 Å². The van der Waals surface area contributed by atoms with E-state index in [9.17, 15) is 4.79 Å². The number of amides is 1. The Balaban J connectivity index is 1.61. The Bertz CT molecular complexity index is 687. The van der Waals surface area contributed by atoms with Crippen molar-refractivity contribution in [3.8, 4) is 11.4 Å². The first kappa shape index (κ1) is 15.9. The Hall–Kier alpha value is -1.95. The van der Waals surface area contributed by atoms with E-state index in [0.717, 1.165) is 12.0 Å². The van der Waals surface area contributed by atoms with Crippen LogP contribution in [0.15, 0.2) is 24.3 Å². The summed E-state index contributed by atoms with van der Waals surface area (Å²) in [4.78, 5) is 13.5. The molecule has 1 heterocycles. The first-order chi connectivity index (χ1) is 11.1. The third-order valence-electron chi connectivity index (χ3n) is 4.28. The second-order valence-electron chi connectivity index (χ2n) is 6.09. The van der Waals surface area contributed by atoms with Gasteiger partial charge in [-0.1, -0.05) is 43.5 Å². The van der Waals surface area contributed by atoms with Gasteiger partial charge in [-0.15, -0.1) is 10.2 Å². The van der Waals surface area contributed by atoms with Crippen molar-refractivity contribution >= 4 is 17.5 Å². The number of rotatable bonds is 4. The molecule has 0 spiro atoms. The van der Waals surface area contributed by atoms with Crippen molar-refractivity contribution < 1.29 is 4.79 Å². The maximum Gasteiger partial charge on any atom is 0.243 e. The quantitative estimate of drug-likeness (QED) is 0.933. The highest BCUT2D eigenvalue weighted by Gasteiger charge is 2.23. The first-order valence-electron chi connectivity index (χ1n) is 7.95. The van der Waals surface area contributed by atoms with Crippen molar-refractivity contribution in [1.82, 2.24) is 25.5 Å². The summed E-state index contributed by atoms with van der Waals surface area (Å²) in [5.41, 5.74) is 0.782. The van der Waals surface area contributed by atoms with E-state index < -0.39 is 0 Å². The van der Waals surface area contributed by atoms with Crippen LogP contribution in [-0.2, 0) is 11.3 Å². The molecule has 1 N–H and O–H groups in total. The molecule has 1 fully saturated rings. The fourth-order valence-corrected chi connectivity index (χ4v) is 3.16. The molecule has 1 aromatic heterocycles. The molecule has 0 radical (unpaired) electrons. The van der Waals surface area contributed by atoms with Crippen molar-refractivity contribution in [3.63, 3.8) is 0 Å². The molecule has 2 aromatic rings. The van der Waals surface area contributed by atoms with Gasteiger partial charge >= 0.3 is 0 Å². The summed E-state index contributed by atoms with van der Waals surface area (Å²) in [6.45, 7) is 2.27. The Morgan fingerprint density at radius 2 is 2.22 bits per heavy atom. The van der Waals surface area contributed by atoms with Gasteiger partial charge < -0.3 is 5.32 Å². The van der Waals surface area contributed by atoms with Crippen LogP contribution in [-0.4, -0.2) is 32.2 Å². The highest BCUT2D eigenvalue weighted by Crippen LogP contribution is 2.23. The molecule has 23 heavy (non-hydrogen) atoms. The molecule has 1 saturated carbocycles. The summed E-state index contributed by atoms with van der Waals surface area (Å²) in [6.07, 6.45) is 4.65. The van der Waals surface area contributed by atoms with Gasteiger partial charge in [-0.25, -0.2) is 0 Å². The lowest BCUT2D eigenvalue weighted by molar-refractivity contribution is -0.123. The molecule has 0 aliphatic heterocycles. The van der Waals surface area contributed by atoms with Crippen molar-refractivity contribution in [2.45, 2.75) is 45.2 Å². The molecule has 1 aliphatic carbocycles. The maximum atomic E-state index is 12.2. The topological polar surface area (TPSA) is 72.7 Å². The van der Waals surface area contributed by atoms with E-state index in [1.54, 1.807) is 12.1 Å². The summed E-state index contributed by atoms with van der Waals surface area (Å²) >= 11 is 5.96. The van der Waals surface area contributed by atoms with Crippen LogP contribution in [0, 0.1) is 5.92 Å². The maximum absolute atomic E-state index is 12.2. The Morgan fingerprint density at radius 3 is 3.00 bits per heavy atom. The number of benzene rings is 1. The molecule has 0 saturated heterocycles. The SMILES string of the molecule is C[C@H]1CCCC[C@H]1NC(=O)Cn1nnc(-c2cccc(Cl)c2)n1. The third kappa shape index (κ3) is 4.07. The Morgan fingerprint density at radius 1 is 1.39 bits per heavy atom. The summed E-state index contributed by atoms with van der Waals surface area (Å²) in [7, 11) is 0. The molecular weight excluding hydrogens is 314 g/mol. The number of carbonyl (C=O) groups excluding carboxylic acids is 1. The van der Waals surface area contributed by atoms with Crippen LogP contribution in [0.5, 0.6) is 0 Å². The zero-order valence-corrected chi connectivity index (χ0v) is 13.8. The number of hydrogen-bond donors (Lipinski definition) is 1. The molecule has 0 bridgehead atoms. The summed E-state index contributed by atoms with van der Waals surface area (Å²) in [6, 6.07) is 7.50. The van der Waals surface area contributed by atoms with Crippen molar-refractivity contribution in [2.75, 3.05) is 0 Å². The van der Waals surface area contributed by atoms with Crippen LogP contribution in [0.4, 0.5) is 0 Å². The monoisotopic (exact) mass is 333 g/mol. The fraction of sp³-hybridized carbons (Fsp3) is 0.500. The number of nitrogens with zero attached hydrogens (tertiary/aromatic N) is 4. The first-order valence-corrected chi connectivity index (χ1v) is 8.33. The van der Waals surface area contributed by atoms with Gasteiger partial charge in [0.1, 0.15) is 6.54 Å². The number of aromatic nitrogens is 4. The lowest BCUT2D eigenvalue weighted by Gasteiger charge is -2.29. The Labute approximate surface area is 140 Å². The molecule has 1 amide bonds. The third-order valence-corrected chi connectivity index (χ3v) is 4.51. The summed E-state index contributed by atoms with van der Waals surface area (Å²) in [5, 5.41) is 15.9. The Kier molecular flexibility index (Phi) is 4.91. The number of hydrogen-bond acceptors (Lipinski definition) is 4. The number of nitrogens with one attached hydrogen (secondary N) is 1. The van der Waals surface area contributed by atoms with Gasteiger partial charge in [0.05, 0.1) is 0 Å². The average molecular weight is 334 g/mol. The lowest BCUT2D eigenvalue weighted by Crippen LogP contribution is -2.42. The fourth-order valence-electron chi connectivity index (χ4n) is 2.96. The number of halogens is 1. The smallest absolute Gasteiger partial charge is 0.243 e. The van der Waals surface area contributed by atoms with Crippen molar-refractivity contribution in [1.29, 1.82) is 0 Å². The van der Waals surface area contributed by atoms with E-state index >= 15 is 0 Å². The zero-order valence-electron chi connectivity index (χ0n) is 13.1. The largest absolute Gasteiger partial charge is 0.351 e. The van der Waals surface area contributed by atoms with E-state index in [1.165, 1.54) is 24.1 Å².